The van der Waals surface area contributed by atoms with Crippen molar-refractivity contribution in [1.82, 2.24) is 0 Å². The van der Waals surface area contributed by atoms with Gasteiger partial charge in [-0.05, 0) is 0 Å². The second-order valence-corrected chi connectivity index (χ2v) is 3.18. The second kappa shape index (κ2) is 19.6. The molecule has 4 nitrogen and oxygen atoms in total. The van der Waals surface area contributed by atoms with E-state index < -0.39 is 0 Å². The van der Waals surface area contributed by atoms with Crippen molar-refractivity contribution < 1.29 is 64.1 Å². The zero-order valence-electron chi connectivity index (χ0n) is 9.08. The fourth-order valence-corrected chi connectivity index (χ4v) is 0.300. The summed E-state index contributed by atoms with van der Waals surface area (Å²) in [6, 6.07) is 0. The largest absolute Gasteiger partial charge is 1.00 e. The fourth-order valence-electron chi connectivity index (χ4n) is 0.300. The maximum atomic E-state index is 8.39. The van der Waals surface area contributed by atoms with Gasteiger partial charge >= 0.3 is 19.5 Å². The van der Waals surface area contributed by atoms with E-state index in [9.17, 15) is 0 Å². The predicted molar refractivity (Wildman–Crippen MR) is 44.2 cm³/mol. The van der Waals surface area contributed by atoms with Gasteiger partial charge in [-0.15, -0.1) is 0 Å². The number of halogens is 2. The molecule has 0 aliphatic carbocycles. The summed E-state index contributed by atoms with van der Waals surface area (Å²) in [7, 11) is 6.16. The molecular weight excluding hydrogens is 282 g/mol. The van der Waals surface area contributed by atoms with Gasteiger partial charge in [-0.25, -0.2) is 0 Å². The molecule has 0 aromatic carbocycles. The summed E-state index contributed by atoms with van der Waals surface area (Å²) < 4.78 is 0.844. The van der Waals surface area contributed by atoms with Gasteiger partial charge in [0.2, 0.25) is 0 Å². The molecule has 14 heavy (non-hydrogen) atoms. The van der Waals surface area contributed by atoms with E-state index in [0.717, 1.165) is 11.0 Å². The van der Waals surface area contributed by atoms with Gasteiger partial charge in [-0.2, -0.15) is 0 Å². The van der Waals surface area contributed by atoms with Gasteiger partial charge in [-0.1, -0.05) is 0 Å². The van der Waals surface area contributed by atoms with Crippen LogP contribution < -0.4 is 24.8 Å². The summed E-state index contributed by atoms with van der Waals surface area (Å²) in [4.78, 5) is 0. The zero-order chi connectivity index (χ0) is 9.33. The Bertz CT molecular complexity index is 81.8. The van der Waals surface area contributed by atoms with Crippen LogP contribution in [0.5, 0.6) is 0 Å². The van der Waals surface area contributed by atoms with Crippen molar-refractivity contribution in [2.24, 2.45) is 0 Å². The number of likely N-dealkylation sites (N-methyl/N-ethyl adjacent to an activating group) is 1. The van der Waals surface area contributed by atoms with E-state index in [1.165, 1.54) is 0 Å². The third-order valence-corrected chi connectivity index (χ3v) is 0.871. The van der Waals surface area contributed by atoms with Crippen LogP contribution in [0.25, 0.3) is 0 Å². The SMILES string of the molecule is C[N+](C)(C)CCO.OCCO.[Cl-].[Cl-].[Zn+]. The summed E-state index contributed by atoms with van der Waals surface area (Å²) in [5.41, 5.74) is 0. The molecule has 0 bridgehead atoms. The molecule has 0 rings (SSSR count). The van der Waals surface area contributed by atoms with Crippen LogP contribution in [0.1, 0.15) is 0 Å². The standard InChI is InChI=1S/C5H14NO.C2H6O2.2ClH.Zn/c1-6(2,3)4-5-7;3-1-2-4;;;/h7H,4-5H2,1-3H3;3-4H,1-2H2;2*1H;/q+1;;;;+1/p-2. The number of quaternary nitrogens is 1. The van der Waals surface area contributed by atoms with Gasteiger partial charge in [-0.3, -0.25) is 0 Å². The number of hydrogen-bond acceptors (Lipinski definition) is 3. The summed E-state index contributed by atoms with van der Waals surface area (Å²) in [5, 5.41) is 23.6. The molecule has 0 heterocycles. The smallest absolute Gasteiger partial charge is 1.00 e. The van der Waals surface area contributed by atoms with Gasteiger partial charge in [0, 0.05) is 0 Å². The molecule has 0 atom stereocenters. The Hall–Kier alpha value is 1.04. The van der Waals surface area contributed by atoms with Gasteiger partial charge in [0.25, 0.3) is 0 Å². The quantitative estimate of drug-likeness (QED) is 0.359. The minimum absolute atomic E-state index is 0. The van der Waals surface area contributed by atoms with Gasteiger partial charge in [0.05, 0.1) is 41.0 Å². The van der Waals surface area contributed by atoms with E-state index in [1.54, 1.807) is 0 Å². The van der Waals surface area contributed by atoms with Gasteiger partial charge in [0.1, 0.15) is 6.54 Å². The number of aliphatic hydroxyl groups excluding tert-OH is 3. The molecule has 0 unspecified atom stereocenters. The average molecular weight is 303 g/mol. The topological polar surface area (TPSA) is 60.7 Å². The molecule has 0 aromatic rings. The van der Waals surface area contributed by atoms with Crippen LogP contribution in [-0.2, 0) is 19.5 Å². The molecule has 0 saturated heterocycles. The minimum Gasteiger partial charge on any atom is -1.00 e. The Kier molecular flexibility index (Phi) is 41.2. The number of hydrogen-bond donors (Lipinski definition) is 3. The monoisotopic (exact) mass is 300 g/mol. The van der Waals surface area contributed by atoms with Crippen LogP contribution >= 0.6 is 0 Å². The van der Waals surface area contributed by atoms with Gasteiger partial charge < -0.3 is 44.6 Å². The molecule has 0 aliphatic rings. The van der Waals surface area contributed by atoms with E-state index in [0.29, 0.717) is 0 Å². The van der Waals surface area contributed by atoms with Crippen molar-refractivity contribution in [3.05, 3.63) is 0 Å². The van der Waals surface area contributed by atoms with Crippen molar-refractivity contribution in [2.45, 2.75) is 0 Å². The number of rotatable bonds is 3. The summed E-state index contributed by atoms with van der Waals surface area (Å²) in [5.74, 6) is 0. The van der Waals surface area contributed by atoms with E-state index in [1.807, 2.05) is 0 Å². The molecule has 0 spiro atoms. The summed E-state index contributed by atoms with van der Waals surface area (Å²) in [6.07, 6.45) is 0. The summed E-state index contributed by atoms with van der Waals surface area (Å²) >= 11 is 0. The second-order valence-electron chi connectivity index (χ2n) is 3.18. The Labute approximate surface area is 111 Å². The first-order chi connectivity index (χ1) is 4.97. The van der Waals surface area contributed by atoms with Crippen LogP contribution in [-0.4, -0.2) is 67.3 Å². The molecule has 1 radical (unpaired) electrons. The maximum Gasteiger partial charge on any atom is 1.00 e. The number of nitrogens with zero attached hydrogens (tertiary/aromatic N) is 1. The Balaban J connectivity index is -0.0000000347. The average Bonchev–Trinajstić information content (AvgIpc) is 1.86. The summed E-state index contributed by atoms with van der Waals surface area (Å²) in [6.45, 7) is 0.865. The van der Waals surface area contributed by atoms with Crippen LogP contribution in [0.4, 0.5) is 0 Å². The molecule has 0 fully saturated rings. The van der Waals surface area contributed by atoms with Gasteiger partial charge in [0.15, 0.2) is 0 Å². The first kappa shape index (κ1) is 29.4. The Morgan fingerprint density at radius 3 is 1.07 bits per heavy atom. The molecule has 87 valence electrons. The first-order valence-corrected chi connectivity index (χ1v) is 3.61. The third kappa shape index (κ3) is 51.8. The molecular formula is C7H20Cl2NO3Zn. The van der Waals surface area contributed by atoms with Crippen LogP contribution in [0.15, 0.2) is 0 Å². The normalized spacial score (nSPS) is 8.14. The van der Waals surface area contributed by atoms with Crippen molar-refractivity contribution in [2.75, 3.05) is 47.5 Å². The van der Waals surface area contributed by atoms with Crippen LogP contribution in [0.3, 0.4) is 0 Å². The van der Waals surface area contributed by atoms with Crippen molar-refractivity contribution >= 4 is 0 Å². The Morgan fingerprint density at radius 2 is 1.07 bits per heavy atom. The van der Waals surface area contributed by atoms with E-state index in [4.69, 9.17) is 15.3 Å². The molecule has 0 saturated carbocycles. The first-order valence-electron chi connectivity index (χ1n) is 3.61. The molecule has 3 N–H and O–H groups in total. The van der Waals surface area contributed by atoms with Crippen molar-refractivity contribution in [3.63, 3.8) is 0 Å². The molecule has 0 amide bonds. The molecule has 0 aliphatic heterocycles. The maximum absolute atomic E-state index is 8.39. The zero-order valence-corrected chi connectivity index (χ0v) is 13.6. The van der Waals surface area contributed by atoms with Crippen LogP contribution in [0, 0.1) is 0 Å². The molecule has 0 aromatic heterocycles. The van der Waals surface area contributed by atoms with E-state index >= 15 is 0 Å². The molecule has 7 heteroatoms. The Morgan fingerprint density at radius 1 is 0.786 bits per heavy atom. The van der Waals surface area contributed by atoms with Crippen LogP contribution in [0.2, 0.25) is 0 Å². The minimum atomic E-state index is -0.125. The number of aliphatic hydroxyl groups is 3. The van der Waals surface area contributed by atoms with Crippen molar-refractivity contribution in [1.29, 1.82) is 0 Å². The van der Waals surface area contributed by atoms with E-state index in [-0.39, 0.29) is 64.1 Å². The predicted octanol–water partition coefficient (Wildman–Crippen LogP) is -7.34. The third-order valence-electron chi connectivity index (χ3n) is 0.871. The van der Waals surface area contributed by atoms with Crippen molar-refractivity contribution in [3.8, 4) is 0 Å². The van der Waals surface area contributed by atoms with E-state index in [2.05, 4.69) is 21.1 Å². The fraction of sp³-hybridized carbons (Fsp3) is 1.00.